The summed E-state index contributed by atoms with van der Waals surface area (Å²) in [5.41, 5.74) is 1.20. The van der Waals surface area contributed by atoms with Crippen LogP contribution >= 0.6 is 0 Å². The number of carboxylic acids is 1. The van der Waals surface area contributed by atoms with Crippen LogP contribution in [0.3, 0.4) is 0 Å². The molecule has 6 heteroatoms. The minimum absolute atomic E-state index is 0.251. The monoisotopic (exact) mass is 262 g/mol. The van der Waals surface area contributed by atoms with E-state index < -0.39 is 17.8 Å². The Morgan fingerprint density at radius 3 is 2.37 bits per heavy atom. The molecule has 0 saturated carbocycles. The summed E-state index contributed by atoms with van der Waals surface area (Å²) in [4.78, 5) is 39.3. The van der Waals surface area contributed by atoms with Gasteiger partial charge in [0.2, 0.25) is 0 Å². The van der Waals surface area contributed by atoms with Crippen LogP contribution in [0.4, 0.5) is 0 Å². The minimum Gasteiger partial charge on any atom is -0.481 e. The predicted octanol–water partition coefficient (Wildman–Crippen LogP) is 1.40. The number of nitrogens with one attached hydrogen (secondary N) is 2. The van der Waals surface area contributed by atoms with Gasteiger partial charge in [0.05, 0.1) is 17.0 Å². The first-order chi connectivity index (χ1) is 8.90. The molecule has 0 spiro atoms. The van der Waals surface area contributed by atoms with E-state index in [9.17, 15) is 14.4 Å². The molecule has 2 unspecified atom stereocenters. The van der Waals surface area contributed by atoms with E-state index in [0.29, 0.717) is 16.6 Å². The summed E-state index contributed by atoms with van der Waals surface area (Å²) in [7, 11) is 0. The number of Topliss-reactive ketones (excluding diaryl/α,β-unsaturated/α-hetero) is 1. The first kappa shape index (κ1) is 13.1. The van der Waals surface area contributed by atoms with Crippen LogP contribution in [0, 0.1) is 11.8 Å². The van der Waals surface area contributed by atoms with Gasteiger partial charge in [-0.25, -0.2) is 4.79 Å². The molecule has 2 rings (SSSR count). The molecule has 0 aliphatic rings. The van der Waals surface area contributed by atoms with Gasteiger partial charge < -0.3 is 15.1 Å². The smallest absolute Gasteiger partial charge is 0.323 e. The highest BCUT2D eigenvalue weighted by atomic mass is 16.4. The van der Waals surface area contributed by atoms with Crippen LogP contribution in [0.25, 0.3) is 11.0 Å². The zero-order valence-electron chi connectivity index (χ0n) is 10.6. The number of benzene rings is 1. The Balaban J connectivity index is 2.35. The van der Waals surface area contributed by atoms with Gasteiger partial charge in [-0.3, -0.25) is 9.59 Å². The Labute approximate surface area is 108 Å². The number of ketones is 1. The Bertz CT molecular complexity index is 698. The topological polar surface area (TPSA) is 103 Å². The maximum absolute atomic E-state index is 12.2. The average Bonchev–Trinajstić information content (AvgIpc) is 2.74. The van der Waals surface area contributed by atoms with Gasteiger partial charge in [-0.15, -0.1) is 0 Å². The summed E-state index contributed by atoms with van der Waals surface area (Å²) < 4.78 is 0. The van der Waals surface area contributed by atoms with Crippen LogP contribution in [0.15, 0.2) is 23.0 Å². The SMILES string of the molecule is CC(C(=O)O)C(C)C(=O)c1ccc2[nH]c(=O)[nH]c2c1. The Morgan fingerprint density at radius 2 is 1.74 bits per heavy atom. The number of carbonyl (C=O) groups excluding carboxylic acids is 1. The number of hydrogen-bond donors (Lipinski definition) is 3. The van der Waals surface area contributed by atoms with Crippen molar-refractivity contribution in [3.05, 3.63) is 34.2 Å². The average molecular weight is 262 g/mol. The molecule has 0 fully saturated rings. The number of aromatic nitrogens is 2. The van der Waals surface area contributed by atoms with Crippen molar-refractivity contribution in [2.75, 3.05) is 0 Å². The van der Waals surface area contributed by atoms with Crippen LogP contribution in [-0.2, 0) is 4.79 Å². The molecule has 2 aromatic rings. The van der Waals surface area contributed by atoms with Gasteiger partial charge >= 0.3 is 11.7 Å². The van der Waals surface area contributed by atoms with Gasteiger partial charge in [-0.2, -0.15) is 0 Å². The molecule has 0 amide bonds. The third-order valence-corrected chi connectivity index (χ3v) is 3.35. The Morgan fingerprint density at radius 1 is 1.11 bits per heavy atom. The highest BCUT2D eigenvalue weighted by Gasteiger charge is 2.26. The number of imidazole rings is 1. The maximum Gasteiger partial charge on any atom is 0.323 e. The summed E-state index contributed by atoms with van der Waals surface area (Å²) in [6.07, 6.45) is 0. The zero-order valence-corrected chi connectivity index (χ0v) is 10.6. The first-order valence-corrected chi connectivity index (χ1v) is 5.89. The van der Waals surface area contributed by atoms with E-state index in [1.54, 1.807) is 25.1 Å². The molecule has 1 aromatic carbocycles. The number of aliphatic carboxylic acids is 1. The molecule has 0 radical (unpaired) electrons. The van der Waals surface area contributed by atoms with Gasteiger partial charge in [-0.05, 0) is 18.2 Å². The fourth-order valence-electron chi connectivity index (χ4n) is 1.89. The quantitative estimate of drug-likeness (QED) is 0.724. The van der Waals surface area contributed by atoms with E-state index in [2.05, 4.69) is 9.97 Å². The molecule has 0 saturated heterocycles. The molecule has 0 aliphatic carbocycles. The van der Waals surface area contributed by atoms with Crippen LogP contribution < -0.4 is 5.69 Å². The van der Waals surface area contributed by atoms with Crippen molar-refractivity contribution in [2.45, 2.75) is 13.8 Å². The van der Waals surface area contributed by atoms with Crippen molar-refractivity contribution in [2.24, 2.45) is 11.8 Å². The molecule has 100 valence electrons. The van der Waals surface area contributed by atoms with E-state index in [1.807, 2.05) is 0 Å². The lowest BCUT2D eigenvalue weighted by Gasteiger charge is -2.14. The second-order valence-electron chi connectivity index (χ2n) is 4.62. The number of rotatable bonds is 4. The number of aromatic amines is 2. The molecule has 3 N–H and O–H groups in total. The number of fused-ring (bicyclic) bond motifs is 1. The van der Waals surface area contributed by atoms with Gasteiger partial charge in [0.1, 0.15) is 0 Å². The molecular weight excluding hydrogens is 248 g/mol. The van der Waals surface area contributed by atoms with Crippen molar-refractivity contribution < 1.29 is 14.7 Å². The summed E-state index contributed by atoms with van der Waals surface area (Å²) in [6.45, 7) is 3.09. The lowest BCUT2D eigenvalue weighted by Crippen LogP contribution is -2.25. The van der Waals surface area contributed by atoms with Crippen molar-refractivity contribution in [3.63, 3.8) is 0 Å². The molecule has 1 heterocycles. The van der Waals surface area contributed by atoms with Gasteiger partial charge in [-0.1, -0.05) is 13.8 Å². The van der Waals surface area contributed by atoms with E-state index in [4.69, 9.17) is 5.11 Å². The second-order valence-corrected chi connectivity index (χ2v) is 4.62. The zero-order chi connectivity index (χ0) is 14.2. The van der Waals surface area contributed by atoms with Crippen LogP contribution in [-0.4, -0.2) is 26.8 Å². The van der Waals surface area contributed by atoms with E-state index >= 15 is 0 Å². The number of hydrogen-bond acceptors (Lipinski definition) is 3. The van der Waals surface area contributed by atoms with Crippen molar-refractivity contribution in [1.82, 2.24) is 9.97 Å². The molecule has 0 bridgehead atoms. The second kappa shape index (κ2) is 4.72. The van der Waals surface area contributed by atoms with Gasteiger partial charge in [0, 0.05) is 11.5 Å². The summed E-state index contributed by atoms with van der Waals surface area (Å²) in [5.74, 6) is -2.63. The largest absolute Gasteiger partial charge is 0.481 e. The molecule has 1 aromatic heterocycles. The summed E-state index contributed by atoms with van der Waals surface area (Å²) in [6, 6.07) is 4.76. The number of carboxylic acid groups (broad SMARTS) is 1. The molecule has 2 atom stereocenters. The van der Waals surface area contributed by atoms with Crippen molar-refractivity contribution in [3.8, 4) is 0 Å². The normalized spacial score (nSPS) is 14.2. The lowest BCUT2D eigenvalue weighted by atomic mass is 9.88. The van der Waals surface area contributed by atoms with Crippen LogP contribution in [0.5, 0.6) is 0 Å². The van der Waals surface area contributed by atoms with Crippen molar-refractivity contribution >= 4 is 22.8 Å². The molecule has 6 nitrogen and oxygen atoms in total. The molecule has 0 aliphatic heterocycles. The Hall–Kier alpha value is -2.37. The fourth-order valence-corrected chi connectivity index (χ4v) is 1.89. The standard InChI is InChI=1S/C13H14N2O4/c1-6(7(2)12(17)18)11(16)8-3-4-9-10(5-8)15-13(19)14-9/h3-7H,1-2H3,(H,17,18)(H2,14,15,19). The highest BCUT2D eigenvalue weighted by molar-refractivity contribution is 6.01. The van der Waals surface area contributed by atoms with E-state index in [-0.39, 0.29) is 11.5 Å². The molecular formula is C13H14N2O4. The molecule has 19 heavy (non-hydrogen) atoms. The lowest BCUT2D eigenvalue weighted by molar-refractivity contribution is -0.142. The summed E-state index contributed by atoms with van der Waals surface area (Å²) in [5, 5.41) is 8.92. The van der Waals surface area contributed by atoms with E-state index in [1.165, 1.54) is 6.92 Å². The first-order valence-electron chi connectivity index (χ1n) is 5.89. The minimum atomic E-state index is -1.00. The fraction of sp³-hybridized carbons (Fsp3) is 0.308. The van der Waals surface area contributed by atoms with E-state index in [0.717, 1.165) is 0 Å². The predicted molar refractivity (Wildman–Crippen MR) is 69.2 cm³/mol. The maximum atomic E-state index is 12.2. The highest BCUT2D eigenvalue weighted by Crippen LogP contribution is 2.19. The van der Waals surface area contributed by atoms with Gasteiger partial charge in [0.25, 0.3) is 0 Å². The van der Waals surface area contributed by atoms with Gasteiger partial charge in [0.15, 0.2) is 5.78 Å². The third kappa shape index (κ3) is 2.42. The summed E-state index contributed by atoms with van der Waals surface area (Å²) >= 11 is 0. The van der Waals surface area contributed by atoms with Crippen molar-refractivity contribution in [1.29, 1.82) is 0 Å². The number of carbonyl (C=O) groups is 2. The number of H-pyrrole nitrogens is 2. The van der Waals surface area contributed by atoms with Crippen LogP contribution in [0.1, 0.15) is 24.2 Å². The third-order valence-electron chi connectivity index (χ3n) is 3.35. The van der Waals surface area contributed by atoms with Crippen LogP contribution in [0.2, 0.25) is 0 Å². The Kier molecular flexibility index (Phi) is 3.25.